The molecule has 0 aromatic rings. The summed E-state index contributed by atoms with van der Waals surface area (Å²) in [5.41, 5.74) is 5.46. The van der Waals surface area contributed by atoms with E-state index in [0.717, 1.165) is 12.8 Å². The summed E-state index contributed by atoms with van der Waals surface area (Å²) in [7, 11) is -2.76. The number of hydrogen-bond acceptors (Lipinski definition) is 3. The predicted molar refractivity (Wildman–Crippen MR) is 45.0 cm³/mol. The molecule has 0 radical (unpaired) electrons. The Balaban J connectivity index is 2.62. The average Bonchev–Trinajstić information content (AvgIpc) is 1.95. The third kappa shape index (κ3) is 1.93. The van der Waals surface area contributed by atoms with Gasteiger partial charge in [-0.15, -0.1) is 0 Å². The molecule has 0 aromatic carbocycles. The summed E-state index contributed by atoms with van der Waals surface area (Å²) in [5, 5.41) is -0.176. The molecule has 4 heteroatoms. The van der Waals surface area contributed by atoms with Gasteiger partial charge in [0.1, 0.15) is 0 Å². The smallest absolute Gasteiger partial charge is 0.152 e. The molecular formula is C7H15NO2S. The van der Waals surface area contributed by atoms with Crippen LogP contribution in [0.1, 0.15) is 19.8 Å². The molecule has 0 unspecified atom stereocenters. The molecule has 1 heterocycles. The fraction of sp³-hybridized carbons (Fsp3) is 1.00. The summed E-state index contributed by atoms with van der Waals surface area (Å²) >= 11 is 0. The minimum atomic E-state index is -2.76. The number of rotatable bonds is 1. The highest BCUT2D eigenvalue weighted by molar-refractivity contribution is 7.92. The standard InChI is InChI=1S/C7H15NO2S/c1-6-4-7(5-8)2-3-11(6,9)10/h6-7H,2-5,8H2,1H3/t6-,7-/m1/s1. The summed E-state index contributed by atoms with van der Waals surface area (Å²) in [6.07, 6.45) is 1.50. The lowest BCUT2D eigenvalue weighted by molar-refractivity contribution is 0.441. The van der Waals surface area contributed by atoms with Gasteiger partial charge in [-0.05, 0) is 32.2 Å². The van der Waals surface area contributed by atoms with Crippen molar-refractivity contribution < 1.29 is 8.42 Å². The molecule has 0 bridgehead atoms. The van der Waals surface area contributed by atoms with E-state index in [-0.39, 0.29) is 5.25 Å². The Hall–Kier alpha value is -0.0900. The van der Waals surface area contributed by atoms with Crippen molar-refractivity contribution in [2.75, 3.05) is 12.3 Å². The molecule has 0 aromatic heterocycles. The Morgan fingerprint density at radius 2 is 2.18 bits per heavy atom. The van der Waals surface area contributed by atoms with E-state index in [9.17, 15) is 8.42 Å². The SMILES string of the molecule is C[C@@H]1C[C@H](CN)CCS1(=O)=O. The van der Waals surface area contributed by atoms with Gasteiger partial charge < -0.3 is 5.73 Å². The Kier molecular flexibility index (Phi) is 2.54. The summed E-state index contributed by atoms with van der Waals surface area (Å²) in [5.74, 6) is 0.754. The first-order valence-corrected chi connectivity index (χ1v) is 5.69. The zero-order valence-corrected chi connectivity index (χ0v) is 7.60. The van der Waals surface area contributed by atoms with Crippen LogP contribution in [-0.4, -0.2) is 26.0 Å². The maximum atomic E-state index is 11.2. The van der Waals surface area contributed by atoms with E-state index in [4.69, 9.17) is 5.73 Å². The average molecular weight is 177 g/mol. The van der Waals surface area contributed by atoms with Crippen molar-refractivity contribution in [2.24, 2.45) is 11.7 Å². The molecular weight excluding hydrogens is 162 g/mol. The Morgan fingerprint density at radius 1 is 1.55 bits per heavy atom. The van der Waals surface area contributed by atoms with Crippen LogP contribution in [0.2, 0.25) is 0 Å². The summed E-state index contributed by atoms with van der Waals surface area (Å²) < 4.78 is 22.4. The molecule has 11 heavy (non-hydrogen) atoms. The van der Waals surface area contributed by atoms with E-state index in [2.05, 4.69) is 0 Å². The molecule has 2 atom stereocenters. The van der Waals surface area contributed by atoms with Crippen LogP contribution >= 0.6 is 0 Å². The van der Waals surface area contributed by atoms with E-state index in [1.165, 1.54) is 0 Å². The largest absolute Gasteiger partial charge is 0.330 e. The molecule has 2 N–H and O–H groups in total. The third-order valence-electron chi connectivity index (χ3n) is 2.42. The second-order valence-corrected chi connectivity index (χ2v) is 5.84. The number of sulfone groups is 1. The highest BCUT2D eigenvalue weighted by Crippen LogP contribution is 2.23. The van der Waals surface area contributed by atoms with Crippen LogP contribution in [0.4, 0.5) is 0 Å². The fourth-order valence-corrected chi connectivity index (χ4v) is 3.11. The molecule has 0 aliphatic carbocycles. The zero-order valence-electron chi connectivity index (χ0n) is 6.79. The lowest BCUT2D eigenvalue weighted by Gasteiger charge is -2.25. The van der Waals surface area contributed by atoms with Crippen molar-refractivity contribution >= 4 is 9.84 Å². The Labute approximate surface area is 67.9 Å². The van der Waals surface area contributed by atoms with E-state index in [1.807, 2.05) is 0 Å². The molecule has 0 spiro atoms. The van der Waals surface area contributed by atoms with E-state index in [1.54, 1.807) is 6.92 Å². The lowest BCUT2D eigenvalue weighted by atomic mass is 10.0. The van der Waals surface area contributed by atoms with Crippen LogP contribution in [0, 0.1) is 5.92 Å². The van der Waals surface area contributed by atoms with Gasteiger partial charge in [0.05, 0.1) is 11.0 Å². The zero-order chi connectivity index (χ0) is 8.48. The van der Waals surface area contributed by atoms with Gasteiger partial charge in [0, 0.05) is 0 Å². The van der Waals surface area contributed by atoms with Gasteiger partial charge in [-0.2, -0.15) is 0 Å². The summed E-state index contributed by atoms with van der Waals surface area (Å²) in [6.45, 7) is 2.40. The van der Waals surface area contributed by atoms with Crippen LogP contribution in [-0.2, 0) is 9.84 Å². The maximum Gasteiger partial charge on any atom is 0.152 e. The van der Waals surface area contributed by atoms with Crippen LogP contribution in [0.5, 0.6) is 0 Å². The van der Waals surface area contributed by atoms with Crippen molar-refractivity contribution in [1.82, 2.24) is 0 Å². The van der Waals surface area contributed by atoms with Gasteiger partial charge in [0.25, 0.3) is 0 Å². The van der Waals surface area contributed by atoms with Gasteiger partial charge in [0.2, 0.25) is 0 Å². The number of hydrogen-bond donors (Lipinski definition) is 1. The molecule has 0 amide bonds. The second kappa shape index (κ2) is 3.11. The minimum absolute atomic E-state index is 0.176. The van der Waals surface area contributed by atoms with E-state index in [0.29, 0.717) is 18.2 Å². The Bertz CT molecular complexity index is 223. The molecule has 1 aliphatic heterocycles. The molecule has 1 rings (SSSR count). The molecule has 0 saturated carbocycles. The van der Waals surface area contributed by atoms with Crippen molar-refractivity contribution in [1.29, 1.82) is 0 Å². The first-order valence-electron chi connectivity index (χ1n) is 3.98. The topological polar surface area (TPSA) is 60.2 Å². The van der Waals surface area contributed by atoms with Crippen LogP contribution in [0.3, 0.4) is 0 Å². The second-order valence-electron chi connectivity index (χ2n) is 3.30. The van der Waals surface area contributed by atoms with Crippen molar-refractivity contribution in [2.45, 2.75) is 25.0 Å². The van der Waals surface area contributed by atoms with Crippen LogP contribution in [0.15, 0.2) is 0 Å². The normalized spacial score (nSPS) is 36.9. The first kappa shape index (κ1) is 9.00. The maximum absolute atomic E-state index is 11.2. The van der Waals surface area contributed by atoms with Gasteiger partial charge in [0.15, 0.2) is 9.84 Å². The number of nitrogens with two attached hydrogens (primary N) is 1. The fourth-order valence-electron chi connectivity index (χ4n) is 1.48. The van der Waals surface area contributed by atoms with Gasteiger partial charge in [-0.1, -0.05) is 0 Å². The van der Waals surface area contributed by atoms with Gasteiger partial charge in [-0.25, -0.2) is 8.42 Å². The molecule has 1 aliphatic rings. The molecule has 1 fully saturated rings. The quantitative estimate of drug-likeness (QED) is 0.620. The van der Waals surface area contributed by atoms with Crippen molar-refractivity contribution in [3.8, 4) is 0 Å². The minimum Gasteiger partial charge on any atom is -0.330 e. The monoisotopic (exact) mass is 177 g/mol. The molecule has 3 nitrogen and oxygen atoms in total. The van der Waals surface area contributed by atoms with E-state index < -0.39 is 9.84 Å². The molecule has 66 valence electrons. The summed E-state index contributed by atoms with van der Waals surface area (Å²) in [6, 6.07) is 0. The van der Waals surface area contributed by atoms with E-state index >= 15 is 0 Å². The highest BCUT2D eigenvalue weighted by Gasteiger charge is 2.29. The predicted octanol–water partition coefficient (Wildman–Crippen LogP) is 0.158. The van der Waals surface area contributed by atoms with Crippen LogP contribution in [0.25, 0.3) is 0 Å². The van der Waals surface area contributed by atoms with Crippen molar-refractivity contribution in [3.05, 3.63) is 0 Å². The van der Waals surface area contributed by atoms with Gasteiger partial charge in [-0.3, -0.25) is 0 Å². The van der Waals surface area contributed by atoms with Crippen molar-refractivity contribution in [3.63, 3.8) is 0 Å². The van der Waals surface area contributed by atoms with Gasteiger partial charge >= 0.3 is 0 Å². The first-order chi connectivity index (χ1) is 5.06. The Morgan fingerprint density at radius 3 is 2.64 bits per heavy atom. The highest BCUT2D eigenvalue weighted by atomic mass is 32.2. The summed E-state index contributed by atoms with van der Waals surface area (Å²) in [4.78, 5) is 0. The lowest BCUT2D eigenvalue weighted by Crippen LogP contribution is -2.33. The van der Waals surface area contributed by atoms with Crippen LogP contribution < -0.4 is 5.73 Å². The molecule has 1 saturated heterocycles. The third-order valence-corrected chi connectivity index (χ3v) is 4.65.